The molecule has 2 aromatic carbocycles. The first-order valence-corrected chi connectivity index (χ1v) is 6.55. The van der Waals surface area contributed by atoms with Gasteiger partial charge in [-0.2, -0.15) is 0 Å². The standard InChI is InChI=1S/C16H16FNO2/c1-19-13-4-2-10(3-5-13)15-8-12(17)6-11-7-14(9-18)20-16(11)15/h2-6,8,14H,7,9,18H2,1H3/t14-/m1/s1. The van der Waals surface area contributed by atoms with Crippen LogP contribution in [-0.2, 0) is 6.42 Å². The van der Waals surface area contributed by atoms with Crippen molar-refractivity contribution in [2.45, 2.75) is 12.5 Å². The van der Waals surface area contributed by atoms with Crippen LogP contribution in [0.5, 0.6) is 11.5 Å². The summed E-state index contributed by atoms with van der Waals surface area (Å²) in [6, 6.07) is 10.5. The minimum Gasteiger partial charge on any atom is -0.497 e. The van der Waals surface area contributed by atoms with Gasteiger partial charge in [-0.1, -0.05) is 12.1 Å². The summed E-state index contributed by atoms with van der Waals surface area (Å²) in [5.41, 5.74) is 8.19. The van der Waals surface area contributed by atoms with Gasteiger partial charge in [-0.15, -0.1) is 0 Å². The molecule has 1 aliphatic rings. The second-order valence-corrected chi connectivity index (χ2v) is 4.85. The van der Waals surface area contributed by atoms with E-state index in [4.69, 9.17) is 15.2 Å². The molecule has 0 aliphatic carbocycles. The lowest BCUT2D eigenvalue weighted by molar-refractivity contribution is 0.242. The minimum atomic E-state index is -0.254. The minimum absolute atomic E-state index is 0.0659. The molecule has 0 fully saturated rings. The van der Waals surface area contributed by atoms with Crippen molar-refractivity contribution in [2.24, 2.45) is 5.73 Å². The van der Waals surface area contributed by atoms with Gasteiger partial charge in [-0.05, 0) is 29.8 Å². The van der Waals surface area contributed by atoms with Gasteiger partial charge in [-0.3, -0.25) is 0 Å². The van der Waals surface area contributed by atoms with E-state index in [2.05, 4.69) is 0 Å². The number of hydrogen-bond acceptors (Lipinski definition) is 3. The molecule has 0 aromatic heterocycles. The normalized spacial score (nSPS) is 16.6. The van der Waals surface area contributed by atoms with Gasteiger partial charge < -0.3 is 15.2 Å². The fourth-order valence-corrected chi connectivity index (χ4v) is 2.51. The summed E-state index contributed by atoms with van der Waals surface area (Å²) in [4.78, 5) is 0. The van der Waals surface area contributed by atoms with Crippen molar-refractivity contribution in [1.29, 1.82) is 0 Å². The third-order valence-electron chi connectivity index (χ3n) is 3.53. The summed E-state index contributed by atoms with van der Waals surface area (Å²) in [5, 5.41) is 0. The highest BCUT2D eigenvalue weighted by Crippen LogP contribution is 2.39. The van der Waals surface area contributed by atoms with Gasteiger partial charge in [0.15, 0.2) is 0 Å². The van der Waals surface area contributed by atoms with Gasteiger partial charge in [0, 0.05) is 24.1 Å². The smallest absolute Gasteiger partial charge is 0.131 e. The number of fused-ring (bicyclic) bond motifs is 1. The molecule has 1 heterocycles. The molecule has 0 spiro atoms. The van der Waals surface area contributed by atoms with E-state index in [-0.39, 0.29) is 11.9 Å². The third kappa shape index (κ3) is 2.23. The predicted molar refractivity (Wildman–Crippen MR) is 75.6 cm³/mol. The summed E-state index contributed by atoms with van der Waals surface area (Å²) in [5.74, 6) is 1.26. The number of nitrogens with two attached hydrogens (primary N) is 1. The van der Waals surface area contributed by atoms with E-state index in [1.165, 1.54) is 12.1 Å². The number of hydrogen-bond donors (Lipinski definition) is 1. The Kier molecular flexibility index (Phi) is 3.32. The van der Waals surface area contributed by atoms with Crippen LogP contribution >= 0.6 is 0 Å². The molecule has 3 nitrogen and oxygen atoms in total. The van der Waals surface area contributed by atoms with Crippen molar-refractivity contribution in [3.05, 3.63) is 47.8 Å². The summed E-state index contributed by atoms with van der Waals surface area (Å²) < 4.78 is 24.7. The molecule has 20 heavy (non-hydrogen) atoms. The number of halogens is 1. The van der Waals surface area contributed by atoms with Gasteiger partial charge in [0.2, 0.25) is 0 Å². The van der Waals surface area contributed by atoms with Crippen LogP contribution < -0.4 is 15.2 Å². The SMILES string of the molecule is COc1ccc(-c2cc(F)cc3c2O[C@@H](CN)C3)cc1. The van der Waals surface area contributed by atoms with Crippen LogP contribution in [0.15, 0.2) is 36.4 Å². The third-order valence-corrected chi connectivity index (χ3v) is 3.53. The topological polar surface area (TPSA) is 44.5 Å². The Morgan fingerprint density at radius 3 is 2.70 bits per heavy atom. The number of benzene rings is 2. The van der Waals surface area contributed by atoms with E-state index in [1.54, 1.807) is 7.11 Å². The first kappa shape index (κ1) is 12.9. The monoisotopic (exact) mass is 273 g/mol. The molecule has 104 valence electrons. The molecule has 0 radical (unpaired) electrons. The number of rotatable bonds is 3. The lowest BCUT2D eigenvalue weighted by Gasteiger charge is -2.11. The highest BCUT2D eigenvalue weighted by Gasteiger charge is 2.25. The molecular weight excluding hydrogens is 257 g/mol. The molecule has 2 aromatic rings. The van der Waals surface area contributed by atoms with E-state index in [1.807, 2.05) is 24.3 Å². The summed E-state index contributed by atoms with van der Waals surface area (Å²) >= 11 is 0. The molecule has 0 bridgehead atoms. The Balaban J connectivity index is 2.05. The Labute approximate surface area is 117 Å². The van der Waals surface area contributed by atoms with Gasteiger partial charge in [0.05, 0.1) is 7.11 Å². The maximum Gasteiger partial charge on any atom is 0.131 e. The number of ether oxygens (including phenoxy) is 2. The van der Waals surface area contributed by atoms with Crippen LogP contribution in [0, 0.1) is 5.82 Å². The van der Waals surface area contributed by atoms with Crippen molar-refractivity contribution in [3.8, 4) is 22.6 Å². The van der Waals surface area contributed by atoms with E-state index in [9.17, 15) is 4.39 Å². The first-order chi connectivity index (χ1) is 9.71. The van der Waals surface area contributed by atoms with Crippen molar-refractivity contribution in [2.75, 3.05) is 13.7 Å². The zero-order valence-corrected chi connectivity index (χ0v) is 11.2. The summed E-state index contributed by atoms with van der Waals surface area (Å²) in [6.07, 6.45) is 0.594. The molecule has 1 atom stereocenters. The lowest BCUT2D eigenvalue weighted by atomic mass is 10.00. The highest BCUT2D eigenvalue weighted by molar-refractivity contribution is 5.73. The zero-order valence-electron chi connectivity index (χ0n) is 11.2. The average molecular weight is 273 g/mol. The molecule has 1 aliphatic heterocycles. The maximum absolute atomic E-state index is 13.8. The second kappa shape index (κ2) is 5.13. The Morgan fingerprint density at radius 2 is 2.05 bits per heavy atom. The largest absolute Gasteiger partial charge is 0.497 e. The van der Waals surface area contributed by atoms with Crippen LogP contribution in [0.1, 0.15) is 5.56 Å². The maximum atomic E-state index is 13.8. The van der Waals surface area contributed by atoms with Crippen LogP contribution in [0.25, 0.3) is 11.1 Å². The van der Waals surface area contributed by atoms with Gasteiger partial charge in [-0.25, -0.2) is 4.39 Å². The van der Waals surface area contributed by atoms with Crippen molar-refractivity contribution in [3.63, 3.8) is 0 Å². The average Bonchev–Trinajstić information content (AvgIpc) is 2.89. The molecule has 4 heteroatoms. The van der Waals surface area contributed by atoms with Crippen LogP contribution in [-0.4, -0.2) is 19.8 Å². The van der Waals surface area contributed by atoms with Crippen molar-refractivity contribution in [1.82, 2.24) is 0 Å². The predicted octanol–water partition coefficient (Wildman–Crippen LogP) is 2.76. The fraction of sp³-hybridized carbons (Fsp3) is 0.250. The molecule has 0 saturated heterocycles. The fourth-order valence-electron chi connectivity index (χ4n) is 2.51. The molecule has 0 saturated carbocycles. The Hall–Kier alpha value is -2.07. The number of methoxy groups -OCH3 is 1. The summed E-state index contributed by atoms with van der Waals surface area (Å²) in [7, 11) is 1.61. The van der Waals surface area contributed by atoms with Crippen molar-refractivity contribution >= 4 is 0 Å². The summed E-state index contributed by atoms with van der Waals surface area (Å²) in [6.45, 7) is 0.429. The van der Waals surface area contributed by atoms with Gasteiger partial charge in [0.1, 0.15) is 23.4 Å². The molecule has 3 rings (SSSR count). The van der Waals surface area contributed by atoms with Crippen LogP contribution in [0.3, 0.4) is 0 Å². The highest BCUT2D eigenvalue weighted by atomic mass is 19.1. The first-order valence-electron chi connectivity index (χ1n) is 6.55. The molecule has 0 amide bonds. The molecular formula is C16H16FNO2. The van der Waals surface area contributed by atoms with Gasteiger partial charge >= 0.3 is 0 Å². The van der Waals surface area contributed by atoms with E-state index >= 15 is 0 Å². The van der Waals surface area contributed by atoms with E-state index in [0.717, 1.165) is 28.2 Å². The van der Waals surface area contributed by atoms with Crippen molar-refractivity contribution < 1.29 is 13.9 Å². The Bertz CT molecular complexity index is 625. The van der Waals surface area contributed by atoms with E-state index < -0.39 is 0 Å². The molecule has 0 unspecified atom stereocenters. The van der Waals surface area contributed by atoms with Crippen LogP contribution in [0.4, 0.5) is 4.39 Å². The van der Waals surface area contributed by atoms with Gasteiger partial charge in [0.25, 0.3) is 0 Å². The lowest BCUT2D eigenvalue weighted by Crippen LogP contribution is -2.24. The quantitative estimate of drug-likeness (QED) is 0.935. The Morgan fingerprint density at radius 1 is 1.30 bits per heavy atom. The second-order valence-electron chi connectivity index (χ2n) is 4.85. The zero-order chi connectivity index (χ0) is 14.1. The van der Waals surface area contributed by atoms with Crippen LogP contribution in [0.2, 0.25) is 0 Å². The molecule has 2 N–H and O–H groups in total. The van der Waals surface area contributed by atoms with E-state index in [0.29, 0.717) is 13.0 Å².